The van der Waals surface area contributed by atoms with Gasteiger partial charge in [0.25, 0.3) is 6.43 Å². The van der Waals surface area contributed by atoms with Gasteiger partial charge in [-0.25, -0.2) is 8.78 Å². The van der Waals surface area contributed by atoms with Crippen molar-refractivity contribution in [2.24, 2.45) is 5.41 Å². The van der Waals surface area contributed by atoms with Crippen molar-refractivity contribution in [3.05, 3.63) is 71.4 Å². The van der Waals surface area contributed by atoms with Crippen LogP contribution in [0.2, 0.25) is 0 Å². The van der Waals surface area contributed by atoms with Crippen molar-refractivity contribution < 1.29 is 27.8 Å². The fourth-order valence-electron chi connectivity index (χ4n) is 5.27. The number of benzene rings is 3. The van der Waals surface area contributed by atoms with Crippen LogP contribution in [0.15, 0.2) is 54.7 Å². The summed E-state index contributed by atoms with van der Waals surface area (Å²) in [6.45, 7) is 10.3. The molecule has 3 aromatic carbocycles. The summed E-state index contributed by atoms with van der Waals surface area (Å²) in [5, 5.41) is 2.87. The number of rotatable bonds is 7. The van der Waals surface area contributed by atoms with Crippen molar-refractivity contribution in [3.8, 4) is 16.9 Å². The van der Waals surface area contributed by atoms with E-state index in [0.717, 1.165) is 56.1 Å². The Balaban J connectivity index is 1.78. The minimum Gasteiger partial charge on any atom is -0.493 e. The maximum Gasteiger partial charge on any atom is 0.311 e. The molecule has 1 atom stereocenters. The van der Waals surface area contributed by atoms with Crippen LogP contribution in [-0.2, 0) is 20.7 Å². The van der Waals surface area contributed by atoms with Crippen LogP contribution in [0.4, 0.5) is 8.78 Å². The first kappa shape index (κ1) is 28.0. The second-order valence-corrected chi connectivity index (χ2v) is 12.0. The SMILES string of the molecule is Cc1cc2ccccc2c(-c2ccc3c4c(ccnc24)CCO3)c1[C@H](COC(=O)C(C)(C)C)OC(C)(C)C(F)F. The van der Waals surface area contributed by atoms with E-state index in [4.69, 9.17) is 19.2 Å². The zero-order valence-corrected chi connectivity index (χ0v) is 23.8. The van der Waals surface area contributed by atoms with Crippen LogP contribution in [0.1, 0.15) is 57.4 Å². The minimum atomic E-state index is -2.75. The number of aromatic nitrogens is 1. The fraction of sp³-hybridized carbons (Fsp3) is 0.394. The molecule has 1 aliphatic heterocycles. The van der Waals surface area contributed by atoms with Gasteiger partial charge < -0.3 is 14.2 Å². The average molecular weight is 548 g/mol. The number of fused-ring (bicyclic) bond motifs is 1. The van der Waals surface area contributed by atoms with E-state index in [1.165, 1.54) is 13.8 Å². The number of nitrogens with zero attached hydrogens (tertiary/aromatic N) is 1. The van der Waals surface area contributed by atoms with E-state index in [0.29, 0.717) is 12.2 Å². The number of ether oxygens (including phenoxy) is 3. The van der Waals surface area contributed by atoms with Crippen LogP contribution in [-0.4, -0.2) is 36.2 Å². The topological polar surface area (TPSA) is 57.7 Å². The number of esters is 1. The van der Waals surface area contributed by atoms with Crippen molar-refractivity contribution >= 4 is 27.6 Å². The van der Waals surface area contributed by atoms with Crippen molar-refractivity contribution in [3.63, 3.8) is 0 Å². The Morgan fingerprint density at radius 2 is 1.82 bits per heavy atom. The molecule has 0 radical (unpaired) electrons. The number of hydrogen-bond donors (Lipinski definition) is 0. The van der Waals surface area contributed by atoms with Gasteiger partial charge in [-0.1, -0.05) is 30.3 Å². The largest absolute Gasteiger partial charge is 0.493 e. The standard InChI is InChI=1S/C33H35F2NO4/c1-19-17-21-9-7-8-10-22(21)28(23-11-12-24-27-20(14-16-38-24)13-15-36-29(23)27)26(19)25(40-33(5,6)30(34)35)18-39-31(37)32(2,3)4/h7-13,15,17,25,30H,14,16,18H2,1-6H3/t25-/m0/s1. The molecule has 0 N–H and O–H groups in total. The lowest BCUT2D eigenvalue weighted by Crippen LogP contribution is -2.37. The first-order valence-corrected chi connectivity index (χ1v) is 13.6. The zero-order valence-electron chi connectivity index (χ0n) is 23.8. The van der Waals surface area contributed by atoms with Gasteiger partial charge in [0.1, 0.15) is 24.1 Å². The summed E-state index contributed by atoms with van der Waals surface area (Å²) < 4.78 is 46.1. The van der Waals surface area contributed by atoms with Crippen molar-refractivity contribution in [1.82, 2.24) is 4.98 Å². The highest BCUT2D eigenvalue weighted by molar-refractivity contribution is 6.08. The predicted molar refractivity (Wildman–Crippen MR) is 153 cm³/mol. The molecule has 1 aliphatic rings. The Morgan fingerprint density at radius 1 is 1.07 bits per heavy atom. The van der Waals surface area contributed by atoms with Crippen molar-refractivity contribution in [2.45, 2.75) is 66.1 Å². The van der Waals surface area contributed by atoms with Crippen LogP contribution in [0.25, 0.3) is 32.8 Å². The number of alkyl halides is 2. The molecule has 0 amide bonds. The molecule has 1 aromatic heterocycles. The first-order valence-electron chi connectivity index (χ1n) is 13.6. The molecule has 5 nitrogen and oxygen atoms in total. The molecule has 210 valence electrons. The lowest BCUT2D eigenvalue weighted by atomic mass is 9.85. The lowest BCUT2D eigenvalue weighted by molar-refractivity contribution is -0.178. The third kappa shape index (κ3) is 5.15. The molecule has 0 bridgehead atoms. The predicted octanol–water partition coefficient (Wildman–Crippen LogP) is 7.99. The summed E-state index contributed by atoms with van der Waals surface area (Å²) in [7, 11) is 0. The molecular formula is C33H35F2NO4. The van der Waals surface area contributed by atoms with E-state index < -0.39 is 29.5 Å². The van der Waals surface area contributed by atoms with Gasteiger partial charge in [0, 0.05) is 23.6 Å². The van der Waals surface area contributed by atoms with Gasteiger partial charge in [0.15, 0.2) is 0 Å². The number of carbonyl (C=O) groups excluding carboxylic acids is 1. The lowest BCUT2D eigenvalue weighted by Gasteiger charge is -2.33. The van der Waals surface area contributed by atoms with Crippen LogP contribution < -0.4 is 4.74 Å². The first-order chi connectivity index (χ1) is 18.9. The normalized spacial score (nSPS) is 14.4. The fourth-order valence-corrected chi connectivity index (χ4v) is 5.27. The molecule has 5 rings (SSSR count). The highest BCUT2D eigenvalue weighted by Crippen LogP contribution is 2.45. The Kier molecular flexibility index (Phi) is 7.29. The van der Waals surface area contributed by atoms with Gasteiger partial charge in [-0.3, -0.25) is 9.78 Å². The third-order valence-electron chi connectivity index (χ3n) is 7.41. The molecule has 0 saturated carbocycles. The maximum atomic E-state index is 14.1. The molecule has 40 heavy (non-hydrogen) atoms. The van der Waals surface area contributed by atoms with E-state index in [2.05, 4.69) is 0 Å². The number of halogens is 2. The highest BCUT2D eigenvalue weighted by atomic mass is 19.3. The average Bonchev–Trinajstić information content (AvgIpc) is 2.90. The molecule has 0 spiro atoms. The van der Waals surface area contributed by atoms with E-state index >= 15 is 0 Å². The van der Waals surface area contributed by atoms with Crippen molar-refractivity contribution in [2.75, 3.05) is 13.2 Å². The van der Waals surface area contributed by atoms with Gasteiger partial charge in [0.05, 0.1) is 17.5 Å². The molecule has 2 heterocycles. The van der Waals surface area contributed by atoms with Crippen LogP contribution in [0.5, 0.6) is 5.75 Å². The molecule has 0 aliphatic carbocycles. The Hall–Kier alpha value is -3.58. The van der Waals surface area contributed by atoms with E-state index in [1.807, 2.05) is 55.5 Å². The summed E-state index contributed by atoms with van der Waals surface area (Å²) in [5.41, 5.74) is 2.55. The third-order valence-corrected chi connectivity index (χ3v) is 7.41. The molecule has 4 aromatic rings. The quantitative estimate of drug-likeness (QED) is 0.220. The van der Waals surface area contributed by atoms with Gasteiger partial charge in [0.2, 0.25) is 0 Å². The summed E-state index contributed by atoms with van der Waals surface area (Å²) >= 11 is 0. The summed E-state index contributed by atoms with van der Waals surface area (Å²) in [6, 6.07) is 15.9. The Morgan fingerprint density at radius 3 is 2.55 bits per heavy atom. The second-order valence-electron chi connectivity index (χ2n) is 12.0. The van der Waals surface area contributed by atoms with Crippen LogP contribution in [0, 0.1) is 12.3 Å². The van der Waals surface area contributed by atoms with Crippen LogP contribution in [0.3, 0.4) is 0 Å². The number of pyridine rings is 1. The summed E-state index contributed by atoms with van der Waals surface area (Å²) in [5.74, 6) is 0.341. The molecule has 0 unspecified atom stereocenters. The number of aryl methyl sites for hydroxylation is 1. The van der Waals surface area contributed by atoms with Gasteiger partial charge in [-0.2, -0.15) is 0 Å². The van der Waals surface area contributed by atoms with Crippen molar-refractivity contribution in [1.29, 1.82) is 0 Å². The van der Waals surface area contributed by atoms with Gasteiger partial charge in [-0.15, -0.1) is 0 Å². The maximum absolute atomic E-state index is 14.1. The summed E-state index contributed by atoms with van der Waals surface area (Å²) in [6.07, 6.45) is -1.14. The number of carbonyl (C=O) groups is 1. The minimum absolute atomic E-state index is 0.212. The molecule has 0 saturated heterocycles. The Labute approximate surface area is 233 Å². The Bertz CT molecular complexity index is 1580. The smallest absolute Gasteiger partial charge is 0.311 e. The molecule has 0 fully saturated rings. The van der Waals surface area contributed by atoms with E-state index in [9.17, 15) is 13.6 Å². The number of hydrogen-bond acceptors (Lipinski definition) is 5. The monoisotopic (exact) mass is 547 g/mol. The molecular weight excluding hydrogens is 512 g/mol. The van der Waals surface area contributed by atoms with Gasteiger partial charge in [-0.05, 0) is 92.8 Å². The van der Waals surface area contributed by atoms with Gasteiger partial charge >= 0.3 is 5.97 Å². The van der Waals surface area contributed by atoms with E-state index in [-0.39, 0.29) is 6.61 Å². The summed E-state index contributed by atoms with van der Waals surface area (Å²) in [4.78, 5) is 17.6. The second kappa shape index (κ2) is 10.4. The highest BCUT2D eigenvalue weighted by Gasteiger charge is 2.37. The van der Waals surface area contributed by atoms with E-state index in [1.54, 1.807) is 27.0 Å². The zero-order chi connectivity index (χ0) is 28.8. The molecule has 7 heteroatoms. The van der Waals surface area contributed by atoms with Crippen LogP contribution >= 0.6 is 0 Å².